The van der Waals surface area contributed by atoms with Crippen LogP contribution in [0.1, 0.15) is 5.56 Å². The highest BCUT2D eigenvalue weighted by atomic mass is 79.9. The number of anilines is 1. The second-order valence-electron chi connectivity index (χ2n) is 5.19. The molecule has 1 aromatic carbocycles. The molecule has 0 radical (unpaired) electrons. The Morgan fingerprint density at radius 1 is 1.10 bits per heavy atom. The molecular weight excluding hydrogens is 333 g/mol. The molecule has 0 unspecified atom stereocenters. The number of hydrogen-bond donors (Lipinski definition) is 0. The number of piperazine rings is 1. The van der Waals surface area contributed by atoms with Crippen molar-refractivity contribution in [3.63, 3.8) is 0 Å². The van der Waals surface area contributed by atoms with E-state index in [9.17, 15) is 4.39 Å². The van der Waals surface area contributed by atoms with Gasteiger partial charge in [0.25, 0.3) is 0 Å². The molecule has 0 N–H and O–H groups in total. The van der Waals surface area contributed by atoms with Crippen LogP contribution < -0.4 is 4.90 Å². The monoisotopic (exact) mass is 349 g/mol. The Kier molecular flexibility index (Phi) is 4.51. The van der Waals surface area contributed by atoms with E-state index in [1.807, 2.05) is 36.5 Å². The Morgan fingerprint density at radius 2 is 1.90 bits per heavy atom. The molecule has 3 rings (SSSR count). The molecule has 0 spiro atoms. The van der Waals surface area contributed by atoms with Crippen LogP contribution in [0, 0.1) is 5.82 Å². The standard InChI is InChI=1S/C16H17BrFN3/c17-14-5-4-13(15(18)11-14)12-20-7-9-21(10-8-20)16-3-1-2-6-19-16/h1-6,11H,7-10,12H2. The fraction of sp³-hybridized carbons (Fsp3) is 0.312. The zero-order valence-corrected chi connectivity index (χ0v) is 13.3. The smallest absolute Gasteiger partial charge is 0.128 e. The fourth-order valence-electron chi connectivity index (χ4n) is 2.57. The first-order valence-corrected chi connectivity index (χ1v) is 7.84. The number of pyridine rings is 1. The van der Waals surface area contributed by atoms with E-state index < -0.39 is 0 Å². The number of nitrogens with zero attached hydrogens (tertiary/aromatic N) is 3. The van der Waals surface area contributed by atoms with E-state index in [1.165, 1.54) is 6.07 Å². The van der Waals surface area contributed by atoms with Crippen LogP contribution in [0.15, 0.2) is 47.1 Å². The lowest BCUT2D eigenvalue weighted by atomic mass is 10.2. The van der Waals surface area contributed by atoms with Crippen LogP contribution in [0.4, 0.5) is 10.2 Å². The van der Waals surface area contributed by atoms with Crippen molar-refractivity contribution in [3.8, 4) is 0 Å². The van der Waals surface area contributed by atoms with Crippen molar-refractivity contribution in [1.29, 1.82) is 0 Å². The summed E-state index contributed by atoms with van der Waals surface area (Å²) in [4.78, 5) is 8.93. The molecule has 21 heavy (non-hydrogen) atoms. The van der Waals surface area contributed by atoms with Gasteiger partial charge in [0.05, 0.1) is 0 Å². The van der Waals surface area contributed by atoms with E-state index in [2.05, 4.69) is 30.7 Å². The SMILES string of the molecule is Fc1cc(Br)ccc1CN1CCN(c2ccccn2)CC1. The van der Waals surface area contributed by atoms with Crippen molar-refractivity contribution in [2.75, 3.05) is 31.1 Å². The maximum Gasteiger partial charge on any atom is 0.128 e. The third kappa shape index (κ3) is 3.60. The summed E-state index contributed by atoms with van der Waals surface area (Å²) < 4.78 is 14.7. The second-order valence-corrected chi connectivity index (χ2v) is 6.10. The first kappa shape index (κ1) is 14.5. The third-order valence-electron chi connectivity index (χ3n) is 3.75. The van der Waals surface area contributed by atoms with Gasteiger partial charge in [0.15, 0.2) is 0 Å². The molecule has 0 aliphatic carbocycles. The van der Waals surface area contributed by atoms with Gasteiger partial charge >= 0.3 is 0 Å². The Labute approximate surface area is 132 Å². The van der Waals surface area contributed by atoms with Crippen LogP contribution in [0.5, 0.6) is 0 Å². The zero-order chi connectivity index (χ0) is 14.7. The molecule has 0 bridgehead atoms. The zero-order valence-electron chi connectivity index (χ0n) is 11.7. The Bertz CT molecular complexity index is 598. The van der Waals surface area contributed by atoms with Crippen molar-refractivity contribution in [2.24, 2.45) is 0 Å². The minimum atomic E-state index is -0.142. The van der Waals surface area contributed by atoms with Gasteiger partial charge in [-0.2, -0.15) is 0 Å². The number of aromatic nitrogens is 1. The van der Waals surface area contributed by atoms with Gasteiger partial charge in [-0.25, -0.2) is 9.37 Å². The quantitative estimate of drug-likeness (QED) is 0.847. The molecule has 2 heterocycles. The summed E-state index contributed by atoms with van der Waals surface area (Å²) in [5, 5.41) is 0. The van der Waals surface area contributed by atoms with Gasteiger partial charge in [-0.1, -0.05) is 28.1 Å². The average molecular weight is 350 g/mol. The number of benzene rings is 1. The maximum absolute atomic E-state index is 13.9. The molecule has 0 atom stereocenters. The van der Waals surface area contributed by atoms with E-state index in [1.54, 1.807) is 0 Å². The number of halogens is 2. The molecular formula is C16H17BrFN3. The summed E-state index contributed by atoms with van der Waals surface area (Å²) in [6.07, 6.45) is 1.82. The summed E-state index contributed by atoms with van der Waals surface area (Å²) in [7, 11) is 0. The first-order chi connectivity index (χ1) is 10.2. The predicted molar refractivity (Wildman–Crippen MR) is 85.8 cm³/mol. The Morgan fingerprint density at radius 3 is 2.57 bits per heavy atom. The molecule has 2 aromatic rings. The van der Waals surface area contributed by atoms with Gasteiger partial charge in [0, 0.05) is 49.0 Å². The van der Waals surface area contributed by atoms with Crippen LogP contribution in [-0.4, -0.2) is 36.1 Å². The topological polar surface area (TPSA) is 19.4 Å². The van der Waals surface area contributed by atoms with Gasteiger partial charge in [-0.05, 0) is 24.3 Å². The lowest BCUT2D eigenvalue weighted by molar-refractivity contribution is 0.246. The highest BCUT2D eigenvalue weighted by molar-refractivity contribution is 9.10. The van der Waals surface area contributed by atoms with Crippen molar-refractivity contribution in [2.45, 2.75) is 6.54 Å². The first-order valence-electron chi connectivity index (χ1n) is 7.04. The van der Waals surface area contributed by atoms with Crippen molar-refractivity contribution >= 4 is 21.7 Å². The van der Waals surface area contributed by atoms with E-state index in [4.69, 9.17) is 0 Å². The van der Waals surface area contributed by atoms with Crippen molar-refractivity contribution < 1.29 is 4.39 Å². The second kappa shape index (κ2) is 6.54. The van der Waals surface area contributed by atoms with E-state index in [0.29, 0.717) is 6.54 Å². The lowest BCUT2D eigenvalue weighted by Gasteiger charge is -2.35. The molecule has 1 saturated heterocycles. The lowest BCUT2D eigenvalue weighted by Crippen LogP contribution is -2.46. The fourth-order valence-corrected chi connectivity index (χ4v) is 2.90. The van der Waals surface area contributed by atoms with Gasteiger partial charge in [-0.3, -0.25) is 4.90 Å². The van der Waals surface area contributed by atoms with E-state index >= 15 is 0 Å². The molecule has 1 aliphatic rings. The largest absolute Gasteiger partial charge is 0.354 e. The highest BCUT2D eigenvalue weighted by Gasteiger charge is 2.18. The number of hydrogen-bond acceptors (Lipinski definition) is 3. The molecule has 0 saturated carbocycles. The summed E-state index contributed by atoms with van der Waals surface area (Å²) in [6.45, 7) is 4.36. The molecule has 5 heteroatoms. The van der Waals surface area contributed by atoms with Gasteiger partial charge in [0.1, 0.15) is 11.6 Å². The van der Waals surface area contributed by atoms with E-state index in [-0.39, 0.29) is 5.82 Å². The minimum absolute atomic E-state index is 0.142. The van der Waals surface area contributed by atoms with Crippen LogP contribution in [0.25, 0.3) is 0 Å². The third-order valence-corrected chi connectivity index (χ3v) is 4.25. The van der Waals surface area contributed by atoms with Crippen molar-refractivity contribution in [3.05, 3.63) is 58.4 Å². The minimum Gasteiger partial charge on any atom is -0.354 e. The van der Waals surface area contributed by atoms with Gasteiger partial charge < -0.3 is 4.90 Å². The summed E-state index contributed by atoms with van der Waals surface area (Å²) in [5.41, 5.74) is 0.754. The van der Waals surface area contributed by atoms with Crippen LogP contribution in [-0.2, 0) is 6.54 Å². The summed E-state index contributed by atoms with van der Waals surface area (Å²) >= 11 is 3.29. The Balaban J connectivity index is 1.59. The van der Waals surface area contributed by atoms with Gasteiger partial charge in [-0.15, -0.1) is 0 Å². The van der Waals surface area contributed by atoms with Crippen LogP contribution in [0.2, 0.25) is 0 Å². The summed E-state index contributed by atoms with van der Waals surface area (Å²) in [6, 6.07) is 11.2. The van der Waals surface area contributed by atoms with Crippen LogP contribution in [0.3, 0.4) is 0 Å². The van der Waals surface area contributed by atoms with E-state index in [0.717, 1.165) is 42.0 Å². The van der Waals surface area contributed by atoms with Gasteiger partial charge in [0.2, 0.25) is 0 Å². The molecule has 0 amide bonds. The maximum atomic E-state index is 13.9. The number of rotatable bonds is 3. The van der Waals surface area contributed by atoms with Crippen molar-refractivity contribution in [1.82, 2.24) is 9.88 Å². The predicted octanol–water partition coefficient (Wildman–Crippen LogP) is 3.31. The molecule has 1 aliphatic heterocycles. The van der Waals surface area contributed by atoms with Crippen LogP contribution >= 0.6 is 15.9 Å². The molecule has 1 aromatic heterocycles. The molecule has 3 nitrogen and oxygen atoms in total. The normalized spacial score (nSPS) is 16.2. The average Bonchev–Trinajstić information content (AvgIpc) is 2.52. The molecule has 1 fully saturated rings. The Hall–Kier alpha value is -1.46. The highest BCUT2D eigenvalue weighted by Crippen LogP contribution is 2.18. The summed E-state index contributed by atoms with van der Waals surface area (Å²) in [5.74, 6) is 0.878. The molecule has 110 valence electrons.